The summed E-state index contributed by atoms with van der Waals surface area (Å²) in [5, 5.41) is 8.31. The van der Waals surface area contributed by atoms with Gasteiger partial charge in [0.2, 0.25) is 7.94 Å². The van der Waals surface area contributed by atoms with Crippen LogP contribution in [0.5, 0.6) is 0 Å². The predicted octanol–water partition coefficient (Wildman–Crippen LogP) is 0.324. The van der Waals surface area contributed by atoms with E-state index in [1.54, 1.807) is 0 Å². The van der Waals surface area contributed by atoms with Crippen LogP contribution in [-0.2, 0) is 4.74 Å². The molecule has 1 aromatic heterocycles. The first kappa shape index (κ1) is 15.1. The van der Waals surface area contributed by atoms with Crippen LogP contribution in [0.2, 0.25) is 0 Å². The molecule has 2 rings (SSSR count). The smallest absolute Gasteiger partial charge is 0.330 e. The minimum Gasteiger partial charge on any atom is -0.610 e. The van der Waals surface area contributed by atoms with E-state index < -0.39 is 19.2 Å². The van der Waals surface area contributed by atoms with Gasteiger partial charge in [-0.2, -0.15) is 0 Å². The largest absolute Gasteiger partial charge is 0.610 e. The molecule has 0 saturated carbocycles. The van der Waals surface area contributed by atoms with Crippen molar-refractivity contribution in [1.82, 2.24) is 9.55 Å². The fourth-order valence-corrected chi connectivity index (χ4v) is 2.80. The zero-order chi connectivity index (χ0) is 14.5. The average molecular weight is 301 g/mol. The van der Waals surface area contributed by atoms with E-state index in [2.05, 4.69) is 9.89 Å². The molecule has 1 fully saturated rings. The van der Waals surface area contributed by atoms with Gasteiger partial charge in [-0.1, -0.05) is 0 Å². The molecule has 9 heteroatoms. The van der Waals surface area contributed by atoms with Crippen LogP contribution in [-0.4, -0.2) is 27.0 Å². The summed E-state index contributed by atoms with van der Waals surface area (Å²) in [6, 6.07) is 1.28. The van der Waals surface area contributed by atoms with Gasteiger partial charge in [0, 0.05) is 17.2 Å². The lowest BCUT2D eigenvalue weighted by molar-refractivity contribution is -0.157. The van der Waals surface area contributed by atoms with Gasteiger partial charge in [0.1, 0.15) is 12.4 Å². The van der Waals surface area contributed by atoms with Crippen LogP contribution in [0, 0.1) is 0 Å². The fraction of sp³-hybridized carbons (Fsp3) is 0.636. The second kappa shape index (κ2) is 6.90. The highest BCUT2D eigenvalue weighted by Gasteiger charge is 2.27. The molecule has 2 heterocycles. The third-order valence-electron chi connectivity index (χ3n) is 3.22. The van der Waals surface area contributed by atoms with Crippen LogP contribution in [0.4, 0.5) is 0 Å². The van der Waals surface area contributed by atoms with Gasteiger partial charge in [-0.15, -0.1) is 0 Å². The van der Waals surface area contributed by atoms with Gasteiger partial charge in [-0.25, -0.2) is 10.0 Å². The Morgan fingerprint density at radius 2 is 2.35 bits per heavy atom. The number of H-pyrrole nitrogens is 1. The lowest BCUT2D eigenvalue weighted by Gasteiger charge is -2.15. The van der Waals surface area contributed by atoms with Crippen molar-refractivity contribution in [3.8, 4) is 0 Å². The van der Waals surface area contributed by atoms with Crippen molar-refractivity contribution < 1.29 is 14.8 Å². The van der Waals surface area contributed by atoms with Gasteiger partial charge in [0.05, 0.1) is 6.10 Å². The number of aromatic amines is 1. The molecule has 2 N–H and O–H groups in total. The summed E-state index contributed by atoms with van der Waals surface area (Å²) in [5.41, 5.74) is -0.914. The van der Waals surface area contributed by atoms with Crippen LogP contribution in [0.3, 0.4) is 0 Å². The summed E-state index contributed by atoms with van der Waals surface area (Å²) >= 11 is 0. The minimum absolute atomic E-state index is 0.0130. The van der Waals surface area contributed by atoms with E-state index >= 15 is 0 Å². The second-order valence-corrected chi connectivity index (χ2v) is 5.95. The summed E-state index contributed by atoms with van der Waals surface area (Å²) in [6.07, 6.45) is 4.19. The molecule has 0 spiro atoms. The van der Waals surface area contributed by atoms with Crippen LogP contribution in [0.1, 0.15) is 31.9 Å². The molecule has 3 atom stereocenters. The first-order valence-electron chi connectivity index (χ1n) is 6.37. The molecule has 0 amide bonds. The van der Waals surface area contributed by atoms with Crippen molar-refractivity contribution in [3.63, 3.8) is 0 Å². The standard InChI is InChI=1S/C11H16N3O5P/c15-9-5-6-14(11(16)12-9)10-4-3-8(19-10)2-1-7-20(18)13-17/h5-6,8,10,17H,1-4,7H2,(H,12,15,16). The molecular formula is C11H16N3O5P. The van der Waals surface area contributed by atoms with Gasteiger partial charge >= 0.3 is 5.69 Å². The SMILES string of the molecule is O=c1ccn(C2CCC(CCC/[P+]([O-])=N/O)O2)c(=O)[nH]1. The van der Waals surface area contributed by atoms with E-state index in [-0.39, 0.29) is 12.3 Å². The highest BCUT2D eigenvalue weighted by atomic mass is 31.1. The lowest BCUT2D eigenvalue weighted by Crippen LogP contribution is -2.31. The fourth-order valence-electron chi connectivity index (χ4n) is 2.26. The Morgan fingerprint density at radius 3 is 3.05 bits per heavy atom. The summed E-state index contributed by atoms with van der Waals surface area (Å²) in [5.74, 6) is 0. The molecule has 0 bridgehead atoms. The molecule has 110 valence electrons. The van der Waals surface area contributed by atoms with E-state index in [9.17, 15) is 14.5 Å². The van der Waals surface area contributed by atoms with E-state index in [0.717, 1.165) is 6.42 Å². The minimum atomic E-state index is -1.88. The quantitative estimate of drug-likeness (QED) is 0.599. The Labute approximate surface area is 115 Å². The van der Waals surface area contributed by atoms with Gasteiger partial charge in [-0.3, -0.25) is 14.3 Å². The van der Waals surface area contributed by atoms with Crippen LogP contribution >= 0.6 is 7.94 Å². The number of nitrogens with one attached hydrogen (secondary N) is 1. The van der Waals surface area contributed by atoms with E-state index in [1.807, 2.05) is 0 Å². The van der Waals surface area contributed by atoms with Crippen molar-refractivity contribution in [3.05, 3.63) is 33.1 Å². The van der Waals surface area contributed by atoms with Crippen LogP contribution < -0.4 is 16.1 Å². The normalized spacial score (nSPS) is 23.2. The second-order valence-electron chi connectivity index (χ2n) is 4.61. The molecule has 3 unspecified atom stereocenters. The number of hydrogen-bond acceptors (Lipinski definition) is 5. The molecule has 1 aliphatic rings. The lowest BCUT2D eigenvalue weighted by atomic mass is 10.1. The molecule has 0 radical (unpaired) electrons. The number of hydrogen-bond donors (Lipinski definition) is 2. The summed E-state index contributed by atoms with van der Waals surface area (Å²) in [6.45, 7) is 0. The first-order chi connectivity index (χ1) is 9.60. The van der Waals surface area contributed by atoms with E-state index in [0.29, 0.717) is 25.4 Å². The highest BCUT2D eigenvalue weighted by molar-refractivity contribution is 7.39. The molecule has 8 nitrogen and oxygen atoms in total. The zero-order valence-corrected chi connectivity index (χ0v) is 11.7. The van der Waals surface area contributed by atoms with Gasteiger partial charge in [-0.05, 0) is 25.7 Å². The number of ether oxygens (including phenoxy) is 1. The zero-order valence-electron chi connectivity index (χ0n) is 10.8. The van der Waals surface area contributed by atoms with Gasteiger partial charge in [0.25, 0.3) is 5.56 Å². The van der Waals surface area contributed by atoms with Crippen molar-refractivity contribution in [2.45, 2.75) is 38.0 Å². The Hall–Kier alpha value is -1.34. The van der Waals surface area contributed by atoms with Crippen LogP contribution in [0.15, 0.2) is 26.8 Å². The summed E-state index contributed by atoms with van der Waals surface area (Å²) in [4.78, 5) is 38.5. The maximum absolute atomic E-state index is 11.6. The summed E-state index contributed by atoms with van der Waals surface area (Å²) in [7, 11) is -1.88. The third-order valence-corrected chi connectivity index (χ3v) is 4.12. The Kier molecular flexibility index (Phi) is 5.19. The number of aromatic nitrogens is 2. The number of rotatable bonds is 5. The van der Waals surface area contributed by atoms with E-state index in [4.69, 9.17) is 9.94 Å². The molecule has 1 aromatic rings. The van der Waals surface area contributed by atoms with Crippen molar-refractivity contribution in [1.29, 1.82) is 0 Å². The van der Waals surface area contributed by atoms with E-state index in [1.165, 1.54) is 16.8 Å². The monoisotopic (exact) mass is 301 g/mol. The molecule has 20 heavy (non-hydrogen) atoms. The topological polar surface area (TPSA) is 120 Å². The predicted molar refractivity (Wildman–Crippen MR) is 69.7 cm³/mol. The molecule has 1 aliphatic heterocycles. The summed E-state index contributed by atoms with van der Waals surface area (Å²) < 4.78 is 7.10. The van der Waals surface area contributed by atoms with Crippen molar-refractivity contribution in [2.24, 2.45) is 4.91 Å². The average Bonchev–Trinajstić information content (AvgIpc) is 2.87. The van der Waals surface area contributed by atoms with Gasteiger partial charge in [0.15, 0.2) is 0 Å². The Morgan fingerprint density at radius 1 is 1.55 bits per heavy atom. The first-order valence-corrected chi connectivity index (χ1v) is 7.76. The maximum atomic E-state index is 11.6. The molecule has 1 saturated heterocycles. The van der Waals surface area contributed by atoms with Crippen LogP contribution in [0.25, 0.3) is 0 Å². The molecule has 0 aromatic carbocycles. The highest BCUT2D eigenvalue weighted by Crippen LogP contribution is 2.30. The Bertz CT molecular complexity index is 596. The van der Waals surface area contributed by atoms with Crippen molar-refractivity contribution >= 4 is 7.94 Å². The molecular weight excluding hydrogens is 285 g/mol. The third kappa shape index (κ3) is 3.83. The maximum Gasteiger partial charge on any atom is 0.330 e. The Balaban J connectivity index is 1.89. The van der Waals surface area contributed by atoms with Crippen molar-refractivity contribution in [2.75, 3.05) is 6.16 Å². The molecule has 0 aliphatic carbocycles. The number of nitrogens with zero attached hydrogens (tertiary/aromatic N) is 2. The van der Waals surface area contributed by atoms with Gasteiger partial charge < -0.3 is 9.63 Å².